The molecule has 0 saturated heterocycles. The van der Waals surface area contributed by atoms with Gasteiger partial charge in [-0.15, -0.1) is 0 Å². The lowest BCUT2D eigenvalue weighted by molar-refractivity contribution is -0.124. The van der Waals surface area contributed by atoms with Gasteiger partial charge in [-0.3, -0.25) is 9.59 Å². The maximum absolute atomic E-state index is 12.8. The number of ether oxygens (including phenoxy) is 2. The number of nitrogens with one attached hydrogen (secondary N) is 3. The van der Waals surface area contributed by atoms with Gasteiger partial charge in [-0.05, 0) is 36.2 Å². The van der Waals surface area contributed by atoms with Gasteiger partial charge in [0.25, 0.3) is 5.91 Å². The van der Waals surface area contributed by atoms with Crippen LogP contribution in [0.3, 0.4) is 0 Å². The van der Waals surface area contributed by atoms with Crippen molar-refractivity contribution in [2.75, 3.05) is 21.3 Å². The Labute approximate surface area is 194 Å². The second-order valence-corrected chi connectivity index (χ2v) is 9.72. The molecule has 0 bridgehead atoms. The van der Waals surface area contributed by atoms with Crippen LogP contribution in [0.4, 0.5) is 0 Å². The third-order valence-corrected chi connectivity index (χ3v) is 6.34. The van der Waals surface area contributed by atoms with Crippen LogP contribution in [0.25, 0.3) is 0 Å². The highest BCUT2D eigenvalue weighted by Gasteiger charge is 2.25. The van der Waals surface area contributed by atoms with E-state index in [0.717, 1.165) is 5.56 Å². The minimum atomic E-state index is -3.35. The van der Waals surface area contributed by atoms with E-state index in [4.69, 9.17) is 9.47 Å². The molecule has 2 aromatic carbocycles. The van der Waals surface area contributed by atoms with Crippen molar-refractivity contribution in [3.05, 3.63) is 59.2 Å². The summed E-state index contributed by atoms with van der Waals surface area (Å²) >= 11 is 0. The van der Waals surface area contributed by atoms with Gasteiger partial charge in [0.05, 0.1) is 20.0 Å². The summed E-state index contributed by atoms with van der Waals surface area (Å²) in [6.45, 7) is 3.92. The van der Waals surface area contributed by atoms with E-state index < -0.39 is 22.0 Å². The van der Waals surface area contributed by atoms with Crippen molar-refractivity contribution in [3.8, 4) is 11.5 Å². The molecule has 0 aliphatic heterocycles. The Morgan fingerprint density at radius 2 is 1.48 bits per heavy atom. The third kappa shape index (κ3) is 7.76. The molecule has 0 saturated carbocycles. The van der Waals surface area contributed by atoms with Crippen molar-refractivity contribution in [2.45, 2.75) is 32.2 Å². The highest BCUT2D eigenvalue weighted by atomic mass is 32.2. The Morgan fingerprint density at radius 3 is 1.97 bits per heavy atom. The van der Waals surface area contributed by atoms with E-state index in [1.807, 2.05) is 13.8 Å². The highest BCUT2D eigenvalue weighted by molar-refractivity contribution is 7.88. The zero-order valence-corrected chi connectivity index (χ0v) is 20.3. The molecule has 2 amide bonds. The quantitative estimate of drug-likeness (QED) is 0.454. The fourth-order valence-corrected chi connectivity index (χ4v) is 3.82. The number of hydrogen-bond acceptors (Lipinski definition) is 6. The van der Waals surface area contributed by atoms with Crippen LogP contribution in [-0.2, 0) is 27.1 Å². The normalized spacial score (nSPS) is 12.2. The molecule has 0 fully saturated rings. The topological polar surface area (TPSA) is 123 Å². The van der Waals surface area contributed by atoms with Gasteiger partial charge in [-0.25, -0.2) is 13.1 Å². The molecule has 0 unspecified atom stereocenters. The Morgan fingerprint density at radius 1 is 0.939 bits per heavy atom. The number of sulfonamides is 1. The van der Waals surface area contributed by atoms with Gasteiger partial charge >= 0.3 is 0 Å². The van der Waals surface area contributed by atoms with Crippen LogP contribution in [-0.4, -0.2) is 47.5 Å². The van der Waals surface area contributed by atoms with E-state index in [9.17, 15) is 18.0 Å². The number of methoxy groups -OCH3 is 2. The molecule has 0 aliphatic carbocycles. The summed E-state index contributed by atoms with van der Waals surface area (Å²) < 4.78 is 36.0. The second-order valence-electron chi connectivity index (χ2n) is 7.79. The second kappa shape index (κ2) is 11.7. The standard InChI is InChI=1S/C23H31N3O6S/c1-15(2)21(26-22(27)18-10-19(31-4)12-20(11-18)32-5)23(28)25-13-16-6-8-17(9-7-16)14-33(29,30)24-3/h6-12,15,21,24H,13-14H2,1-5H3,(H,25,28)(H,26,27)/t21-/m0/s1. The summed E-state index contributed by atoms with van der Waals surface area (Å²) in [4.78, 5) is 25.6. The number of carbonyl (C=O) groups is 2. The molecule has 2 rings (SSSR count). The SMILES string of the molecule is CNS(=O)(=O)Cc1ccc(CNC(=O)[C@@H](NC(=O)c2cc(OC)cc(OC)c2)C(C)C)cc1. The Bertz CT molecular complexity index is 1050. The number of amides is 2. The van der Waals surface area contributed by atoms with Crippen LogP contribution in [0.15, 0.2) is 42.5 Å². The fraction of sp³-hybridized carbons (Fsp3) is 0.391. The predicted octanol–water partition coefficient (Wildman–Crippen LogP) is 1.82. The van der Waals surface area contributed by atoms with E-state index in [1.165, 1.54) is 21.3 Å². The van der Waals surface area contributed by atoms with E-state index >= 15 is 0 Å². The zero-order valence-electron chi connectivity index (χ0n) is 19.5. The van der Waals surface area contributed by atoms with Crippen molar-refractivity contribution < 1.29 is 27.5 Å². The van der Waals surface area contributed by atoms with Gasteiger partial charge < -0.3 is 20.1 Å². The summed E-state index contributed by atoms with van der Waals surface area (Å²) in [5.41, 5.74) is 1.76. The predicted molar refractivity (Wildman–Crippen MR) is 126 cm³/mol. The molecule has 0 aromatic heterocycles. The van der Waals surface area contributed by atoms with Gasteiger partial charge in [-0.2, -0.15) is 0 Å². The van der Waals surface area contributed by atoms with Crippen LogP contribution in [0.2, 0.25) is 0 Å². The summed E-state index contributed by atoms with van der Waals surface area (Å²) in [5, 5.41) is 5.60. The van der Waals surface area contributed by atoms with Gasteiger partial charge in [0.1, 0.15) is 17.5 Å². The minimum absolute atomic E-state index is 0.118. The molecule has 2 aromatic rings. The average Bonchev–Trinajstić information content (AvgIpc) is 2.80. The van der Waals surface area contributed by atoms with Crippen LogP contribution in [0, 0.1) is 5.92 Å². The summed E-state index contributed by atoms with van der Waals surface area (Å²) in [7, 11) is 1.00. The number of benzene rings is 2. The largest absolute Gasteiger partial charge is 0.497 e. The third-order valence-electron chi connectivity index (χ3n) is 5.01. The molecule has 0 radical (unpaired) electrons. The lowest BCUT2D eigenvalue weighted by Crippen LogP contribution is -2.49. The average molecular weight is 478 g/mol. The molecule has 9 nitrogen and oxygen atoms in total. The summed E-state index contributed by atoms with van der Waals surface area (Å²) in [5.74, 6) is -0.0825. The van der Waals surface area contributed by atoms with Crippen molar-refractivity contribution >= 4 is 21.8 Å². The lowest BCUT2D eigenvalue weighted by atomic mass is 10.0. The van der Waals surface area contributed by atoms with Crippen molar-refractivity contribution in [3.63, 3.8) is 0 Å². The van der Waals surface area contributed by atoms with Crippen LogP contribution in [0.1, 0.15) is 35.3 Å². The minimum Gasteiger partial charge on any atom is -0.497 e. The van der Waals surface area contributed by atoms with Gasteiger partial charge in [0.15, 0.2) is 0 Å². The van der Waals surface area contributed by atoms with Crippen LogP contribution < -0.4 is 24.8 Å². The smallest absolute Gasteiger partial charge is 0.252 e. The first-order valence-electron chi connectivity index (χ1n) is 10.4. The number of hydrogen-bond donors (Lipinski definition) is 3. The van der Waals surface area contributed by atoms with Crippen molar-refractivity contribution in [1.82, 2.24) is 15.4 Å². The zero-order chi connectivity index (χ0) is 24.6. The van der Waals surface area contributed by atoms with E-state index in [0.29, 0.717) is 22.6 Å². The Kier molecular flexibility index (Phi) is 9.24. The van der Waals surface area contributed by atoms with Crippen molar-refractivity contribution in [2.24, 2.45) is 5.92 Å². The maximum Gasteiger partial charge on any atom is 0.252 e. The first-order chi connectivity index (χ1) is 15.6. The number of carbonyl (C=O) groups excluding carboxylic acids is 2. The molecule has 0 aliphatic rings. The lowest BCUT2D eigenvalue weighted by Gasteiger charge is -2.22. The molecule has 0 spiro atoms. The van der Waals surface area contributed by atoms with Crippen LogP contribution >= 0.6 is 0 Å². The molecular weight excluding hydrogens is 446 g/mol. The van der Waals surface area contributed by atoms with E-state index in [1.54, 1.807) is 42.5 Å². The first kappa shape index (κ1) is 26.1. The molecule has 3 N–H and O–H groups in total. The Hall–Kier alpha value is -3.11. The molecule has 10 heteroatoms. The summed E-state index contributed by atoms with van der Waals surface area (Å²) in [6.07, 6.45) is 0. The molecule has 1 atom stereocenters. The molecule has 0 heterocycles. The number of rotatable bonds is 11. The van der Waals surface area contributed by atoms with Crippen LogP contribution in [0.5, 0.6) is 11.5 Å². The van der Waals surface area contributed by atoms with E-state index in [-0.39, 0.29) is 24.1 Å². The van der Waals surface area contributed by atoms with Gasteiger partial charge in [0, 0.05) is 18.2 Å². The first-order valence-corrected chi connectivity index (χ1v) is 12.0. The van der Waals surface area contributed by atoms with Gasteiger partial charge in [-0.1, -0.05) is 38.1 Å². The van der Waals surface area contributed by atoms with Gasteiger partial charge in [0.2, 0.25) is 15.9 Å². The molecule has 180 valence electrons. The maximum atomic E-state index is 12.8. The molecular formula is C23H31N3O6S. The van der Waals surface area contributed by atoms with Crippen molar-refractivity contribution in [1.29, 1.82) is 0 Å². The Balaban J connectivity index is 2.03. The summed E-state index contributed by atoms with van der Waals surface area (Å²) in [6, 6.07) is 11.0. The monoisotopic (exact) mass is 477 g/mol. The van der Waals surface area contributed by atoms with E-state index in [2.05, 4.69) is 15.4 Å². The molecule has 33 heavy (non-hydrogen) atoms. The highest BCUT2D eigenvalue weighted by Crippen LogP contribution is 2.22. The fourth-order valence-electron chi connectivity index (χ4n) is 3.04.